The Kier molecular flexibility index (Phi) is 5.18. The predicted octanol–water partition coefficient (Wildman–Crippen LogP) is 4.60. The van der Waals surface area contributed by atoms with Crippen LogP contribution in [-0.4, -0.2) is 19.4 Å². The number of hydrogen-bond acceptors (Lipinski definition) is 6. The number of ketones is 1. The summed E-state index contributed by atoms with van der Waals surface area (Å²) in [6.45, 7) is 0.354. The number of hydrogen-bond donors (Lipinski definition) is 1. The highest BCUT2D eigenvalue weighted by atomic mass is 35.5. The molecule has 1 unspecified atom stereocenters. The van der Waals surface area contributed by atoms with E-state index in [2.05, 4.69) is 5.32 Å². The molecule has 0 saturated carbocycles. The standard InChI is InChI=1S/C22H17NO5.ClH/c24-22(15-7-9-18-20(11-15)28-13-26-18)21(23-16-4-2-1-3-5-16)14-6-8-17-19(10-14)27-12-25-17;/h1-11,21,23H,12-13H2;1H. The minimum Gasteiger partial charge on any atom is -0.454 e. The van der Waals surface area contributed by atoms with Gasteiger partial charge in [0.1, 0.15) is 6.04 Å². The summed E-state index contributed by atoms with van der Waals surface area (Å²) in [5.74, 6) is 2.46. The van der Waals surface area contributed by atoms with Gasteiger partial charge in [0.2, 0.25) is 13.6 Å². The molecule has 7 heteroatoms. The second-order valence-electron chi connectivity index (χ2n) is 6.49. The van der Waals surface area contributed by atoms with Crippen LogP contribution in [0, 0.1) is 0 Å². The van der Waals surface area contributed by atoms with Gasteiger partial charge in [0, 0.05) is 11.3 Å². The van der Waals surface area contributed by atoms with Crippen molar-refractivity contribution in [2.75, 3.05) is 18.9 Å². The molecule has 5 rings (SSSR count). The van der Waals surface area contributed by atoms with Crippen LogP contribution in [-0.2, 0) is 0 Å². The zero-order valence-electron chi connectivity index (χ0n) is 15.3. The van der Waals surface area contributed by atoms with Gasteiger partial charge in [-0.25, -0.2) is 0 Å². The van der Waals surface area contributed by atoms with Crippen LogP contribution in [0.3, 0.4) is 0 Å². The maximum absolute atomic E-state index is 13.4. The maximum Gasteiger partial charge on any atom is 0.231 e. The molecule has 29 heavy (non-hydrogen) atoms. The van der Waals surface area contributed by atoms with E-state index in [0.29, 0.717) is 28.6 Å². The van der Waals surface area contributed by atoms with E-state index in [9.17, 15) is 4.79 Å². The summed E-state index contributed by atoms with van der Waals surface area (Å²) in [5, 5.41) is 3.33. The third kappa shape index (κ3) is 3.67. The van der Waals surface area contributed by atoms with Crippen molar-refractivity contribution in [1.82, 2.24) is 0 Å². The third-order valence-corrected chi connectivity index (χ3v) is 4.73. The number of rotatable bonds is 5. The number of fused-ring (bicyclic) bond motifs is 2. The van der Waals surface area contributed by atoms with Crippen molar-refractivity contribution in [3.8, 4) is 23.0 Å². The number of nitrogens with one attached hydrogen (secondary N) is 1. The van der Waals surface area contributed by atoms with E-state index < -0.39 is 6.04 Å². The van der Waals surface area contributed by atoms with Gasteiger partial charge in [0.05, 0.1) is 0 Å². The summed E-state index contributed by atoms with van der Waals surface area (Å²) in [5.41, 5.74) is 2.17. The number of halogens is 1. The first-order valence-electron chi connectivity index (χ1n) is 8.93. The first-order chi connectivity index (χ1) is 13.8. The first kappa shape index (κ1) is 19.0. The molecule has 148 valence electrons. The van der Waals surface area contributed by atoms with Gasteiger partial charge in [-0.1, -0.05) is 24.3 Å². The lowest BCUT2D eigenvalue weighted by Gasteiger charge is -2.20. The Balaban J connectivity index is 0.00000205. The SMILES string of the molecule is Cl.O=C(c1ccc2c(c1)OCO2)C(Nc1ccccc1)c1ccc2c(c1)OCO2. The van der Waals surface area contributed by atoms with Crippen molar-refractivity contribution in [2.24, 2.45) is 0 Å². The van der Waals surface area contributed by atoms with Gasteiger partial charge in [-0.05, 0) is 48.0 Å². The molecule has 0 aromatic heterocycles. The zero-order valence-corrected chi connectivity index (χ0v) is 16.1. The molecule has 0 fully saturated rings. The number of carbonyl (C=O) groups excluding carboxylic acids is 1. The summed E-state index contributed by atoms with van der Waals surface area (Å²) >= 11 is 0. The molecule has 3 aromatic carbocycles. The number of benzene rings is 3. The monoisotopic (exact) mass is 411 g/mol. The van der Waals surface area contributed by atoms with E-state index in [1.54, 1.807) is 18.2 Å². The fraction of sp³-hybridized carbons (Fsp3) is 0.136. The number of Topliss-reactive ketones (excluding diaryl/α,β-unsaturated/α-hetero) is 1. The van der Waals surface area contributed by atoms with Gasteiger partial charge in [-0.2, -0.15) is 0 Å². The lowest BCUT2D eigenvalue weighted by molar-refractivity contribution is 0.0969. The van der Waals surface area contributed by atoms with Crippen LogP contribution >= 0.6 is 12.4 Å². The van der Waals surface area contributed by atoms with Crippen LogP contribution in [0.1, 0.15) is 22.0 Å². The van der Waals surface area contributed by atoms with Gasteiger partial charge in [0.15, 0.2) is 28.8 Å². The van der Waals surface area contributed by atoms with E-state index in [4.69, 9.17) is 18.9 Å². The first-order valence-corrected chi connectivity index (χ1v) is 8.93. The summed E-state index contributed by atoms with van der Waals surface area (Å²) in [6, 6.07) is 19.8. The van der Waals surface area contributed by atoms with Crippen LogP contribution in [0.25, 0.3) is 0 Å². The number of anilines is 1. The summed E-state index contributed by atoms with van der Waals surface area (Å²) in [7, 11) is 0. The quantitative estimate of drug-likeness (QED) is 0.619. The minimum atomic E-state index is -0.600. The van der Waals surface area contributed by atoms with E-state index >= 15 is 0 Å². The summed E-state index contributed by atoms with van der Waals surface area (Å²) < 4.78 is 21.6. The van der Waals surface area contributed by atoms with Crippen LogP contribution in [0.4, 0.5) is 5.69 Å². The highest BCUT2D eigenvalue weighted by molar-refractivity contribution is 6.02. The molecular formula is C22H18ClNO5. The van der Waals surface area contributed by atoms with Gasteiger partial charge in [-0.3, -0.25) is 4.79 Å². The Labute approximate surface area is 173 Å². The molecule has 0 saturated heterocycles. The minimum absolute atomic E-state index is 0. The van der Waals surface area contributed by atoms with Crippen LogP contribution in [0.2, 0.25) is 0 Å². The molecule has 2 aliphatic heterocycles. The number of para-hydroxylation sites is 1. The van der Waals surface area contributed by atoms with Crippen molar-refractivity contribution in [1.29, 1.82) is 0 Å². The molecule has 2 heterocycles. The van der Waals surface area contributed by atoms with Crippen molar-refractivity contribution in [2.45, 2.75) is 6.04 Å². The highest BCUT2D eigenvalue weighted by Crippen LogP contribution is 2.37. The average molecular weight is 412 g/mol. The van der Waals surface area contributed by atoms with Gasteiger partial charge in [-0.15, -0.1) is 12.4 Å². The largest absolute Gasteiger partial charge is 0.454 e. The molecule has 1 atom stereocenters. The van der Waals surface area contributed by atoms with Crippen molar-refractivity contribution >= 4 is 23.9 Å². The van der Waals surface area contributed by atoms with Crippen molar-refractivity contribution in [3.63, 3.8) is 0 Å². The second-order valence-corrected chi connectivity index (χ2v) is 6.49. The Morgan fingerprint density at radius 3 is 2.10 bits per heavy atom. The van der Waals surface area contributed by atoms with Crippen molar-refractivity contribution < 1.29 is 23.7 Å². The van der Waals surface area contributed by atoms with Crippen LogP contribution < -0.4 is 24.3 Å². The lowest BCUT2D eigenvalue weighted by atomic mass is 9.96. The highest BCUT2D eigenvalue weighted by Gasteiger charge is 2.26. The Bertz CT molecular complexity index is 1040. The normalized spacial score (nSPS) is 14.1. The van der Waals surface area contributed by atoms with Gasteiger partial charge < -0.3 is 24.3 Å². The Morgan fingerprint density at radius 1 is 0.759 bits per heavy atom. The lowest BCUT2D eigenvalue weighted by Crippen LogP contribution is -2.21. The fourth-order valence-corrected chi connectivity index (χ4v) is 3.31. The smallest absolute Gasteiger partial charge is 0.231 e. The molecule has 0 aliphatic carbocycles. The van der Waals surface area contributed by atoms with Gasteiger partial charge in [0.25, 0.3) is 0 Å². The van der Waals surface area contributed by atoms with E-state index in [1.807, 2.05) is 48.5 Å². The molecule has 1 N–H and O–H groups in total. The zero-order chi connectivity index (χ0) is 18.9. The Morgan fingerprint density at radius 2 is 1.38 bits per heavy atom. The molecule has 6 nitrogen and oxygen atoms in total. The van der Waals surface area contributed by atoms with Crippen LogP contribution in [0.5, 0.6) is 23.0 Å². The fourth-order valence-electron chi connectivity index (χ4n) is 3.31. The number of ether oxygens (including phenoxy) is 4. The maximum atomic E-state index is 13.4. The summed E-state index contributed by atoms with van der Waals surface area (Å²) in [6.07, 6.45) is 0. The molecular weight excluding hydrogens is 394 g/mol. The molecule has 3 aromatic rings. The topological polar surface area (TPSA) is 66.0 Å². The number of carbonyl (C=O) groups is 1. The van der Waals surface area contributed by atoms with Gasteiger partial charge >= 0.3 is 0 Å². The van der Waals surface area contributed by atoms with Crippen molar-refractivity contribution in [3.05, 3.63) is 77.9 Å². The average Bonchev–Trinajstić information content (AvgIpc) is 3.40. The molecule has 0 spiro atoms. The predicted molar refractivity (Wildman–Crippen MR) is 110 cm³/mol. The molecule has 2 aliphatic rings. The molecule has 0 radical (unpaired) electrons. The molecule has 0 amide bonds. The van der Waals surface area contributed by atoms with Crippen LogP contribution in [0.15, 0.2) is 66.7 Å². The van der Waals surface area contributed by atoms with E-state index in [-0.39, 0.29) is 31.8 Å². The summed E-state index contributed by atoms with van der Waals surface area (Å²) in [4.78, 5) is 13.4. The van der Waals surface area contributed by atoms with E-state index in [0.717, 1.165) is 11.3 Å². The second kappa shape index (κ2) is 7.93. The third-order valence-electron chi connectivity index (χ3n) is 4.73. The Hall–Kier alpha value is -3.38. The molecule has 0 bridgehead atoms. The van der Waals surface area contributed by atoms with E-state index in [1.165, 1.54) is 0 Å².